The maximum atomic E-state index is 13.0. The van der Waals surface area contributed by atoms with Crippen molar-refractivity contribution in [2.45, 2.75) is 19.9 Å². The zero-order valence-corrected chi connectivity index (χ0v) is 15.8. The van der Waals surface area contributed by atoms with Gasteiger partial charge in [0.1, 0.15) is 0 Å². The fourth-order valence-electron chi connectivity index (χ4n) is 3.31. The number of carbonyl (C=O) groups excluding carboxylic acids is 1. The van der Waals surface area contributed by atoms with Crippen molar-refractivity contribution >= 4 is 5.91 Å². The molecule has 0 saturated carbocycles. The summed E-state index contributed by atoms with van der Waals surface area (Å²) in [7, 11) is 0. The number of aromatic nitrogens is 4. The lowest BCUT2D eigenvalue weighted by Crippen LogP contribution is -2.28. The van der Waals surface area contributed by atoms with Crippen molar-refractivity contribution in [3.8, 4) is 11.4 Å². The Labute approximate surface area is 163 Å². The fraction of sp³-hybridized carbons (Fsp3) is 0.136. The van der Waals surface area contributed by atoms with Gasteiger partial charge in [0.15, 0.2) is 0 Å². The molecule has 140 valence electrons. The predicted molar refractivity (Wildman–Crippen MR) is 108 cm³/mol. The number of nitrogens with zero attached hydrogens (tertiary/aromatic N) is 4. The van der Waals surface area contributed by atoms with Crippen LogP contribution in [0.5, 0.6) is 0 Å². The SMILES string of the molecule is Cc1c([C@H](C)NC(=O)c2ccccc2-n2cccn2)cnn1-c1ccccc1. The van der Waals surface area contributed by atoms with Gasteiger partial charge in [0.2, 0.25) is 0 Å². The summed E-state index contributed by atoms with van der Waals surface area (Å²) in [4.78, 5) is 13.0. The highest BCUT2D eigenvalue weighted by atomic mass is 16.1. The number of rotatable bonds is 5. The minimum atomic E-state index is -0.185. The van der Waals surface area contributed by atoms with Gasteiger partial charge in [0.05, 0.1) is 29.2 Å². The summed E-state index contributed by atoms with van der Waals surface area (Å²) in [6.07, 6.45) is 5.33. The van der Waals surface area contributed by atoms with Gasteiger partial charge in [-0.15, -0.1) is 0 Å². The van der Waals surface area contributed by atoms with Crippen LogP contribution in [-0.2, 0) is 0 Å². The molecule has 1 amide bonds. The zero-order chi connectivity index (χ0) is 19.5. The predicted octanol–water partition coefficient (Wildman–Crippen LogP) is 3.86. The molecule has 0 aliphatic rings. The maximum Gasteiger partial charge on any atom is 0.253 e. The van der Waals surface area contributed by atoms with Gasteiger partial charge in [-0.1, -0.05) is 30.3 Å². The number of para-hydroxylation sites is 2. The number of hydrogen-bond acceptors (Lipinski definition) is 3. The van der Waals surface area contributed by atoms with E-state index in [9.17, 15) is 4.79 Å². The Morgan fingerprint density at radius 3 is 2.50 bits per heavy atom. The van der Waals surface area contributed by atoms with E-state index in [0.29, 0.717) is 5.56 Å². The average Bonchev–Trinajstić information content (AvgIpc) is 3.38. The minimum absolute atomic E-state index is 0.148. The first-order valence-corrected chi connectivity index (χ1v) is 9.15. The van der Waals surface area contributed by atoms with E-state index in [4.69, 9.17) is 0 Å². The molecule has 2 aromatic carbocycles. The van der Waals surface area contributed by atoms with Crippen LogP contribution in [-0.4, -0.2) is 25.5 Å². The summed E-state index contributed by atoms with van der Waals surface area (Å²) in [6, 6.07) is 19.0. The summed E-state index contributed by atoms with van der Waals surface area (Å²) in [5, 5.41) is 11.8. The lowest BCUT2D eigenvalue weighted by atomic mass is 10.1. The van der Waals surface area contributed by atoms with E-state index in [2.05, 4.69) is 15.5 Å². The molecule has 6 heteroatoms. The summed E-state index contributed by atoms with van der Waals surface area (Å²) in [6.45, 7) is 3.98. The van der Waals surface area contributed by atoms with Crippen LogP contribution in [0, 0.1) is 6.92 Å². The molecule has 6 nitrogen and oxygen atoms in total. The summed E-state index contributed by atoms with van der Waals surface area (Å²) >= 11 is 0. The minimum Gasteiger partial charge on any atom is -0.345 e. The van der Waals surface area contributed by atoms with Crippen molar-refractivity contribution in [2.24, 2.45) is 0 Å². The van der Waals surface area contributed by atoms with Crippen molar-refractivity contribution in [1.82, 2.24) is 24.9 Å². The highest BCUT2D eigenvalue weighted by Gasteiger charge is 2.19. The first-order valence-electron chi connectivity index (χ1n) is 9.15. The second-order valence-electron chi connectivity index (χ2n) is 6.60. The molecule has 0 fully saturated rings. The van der Waals surface area contributed by atoms with E-state index >= 15 is 0 Å². The quantitative estimate of drug-likeness (QED) is 0.579. The van der Waals surface area contributed by atoms with E-state index in [1.54, 1.807) is 16.9 Å². The zero-order valence-electron chi connectivity index (χ0n) is 15.8. The smallest absolute Gasteiger partial charge is 0.253 e. The first-order chi connectivity index (χ1) is 13.6. The first kappa shape index (κ1) is 17.7. The molecule has 2 heterocycles. The van der Waals surface area contributed by atoms with Gasteiger partial charge in [0.25, 0.3) is 5.91 Å². The summed E-state index contributed by atoms with van der Waals surface area (Å²) < 4.78 is 3.58. The number of amides is 1. The van der Waals surface area contributed by atoms with E-state index in [1.165, 1.54) is 0 Å². The maximum absolute atomic E-state index is 13.0. The lowest BCUT2D eigenvalue weighted by Gasteiger charge is -2.16. The number of hydrogen-bond donors (Lipinski definition) is 1. The number of nitrogens with one attached hydrogen (secondary N) is 1. The van der Waals surface area contributed by atoms with Crippen molar-refractivity contribution in [3.05, 3.63) is 96.1 Å². The molecule has 2 aromatic heterocycles. The molecule has 0 radical (unpaired) electrons. The Morgan fingerprint density at radius 1 is 1.00 bits per heavy atom. The third-order valence-corrected chi connectivity index (χ3v) is 4.76. The van der Waals surface area contributed by atoms with Crippen LogP contribution in [0.15, 0.2) is 79.3 Å². The fourth-order valence-corrected chi connectivity index (χ4v) is 3.31. The van der Waals surface area contributed by atoms with Crippen LogP contribution in [0.3, 0.4) is 0 Å². The normalized spacial score (nSPS) is 11.9. The van der Waals surface area contributed by atoms with Gasteiger partial charge in [-0.25, -0.2) is 9.36 Å². The summed E-state index contributed by atoms with van der Waals surface area (Å²) in [5.74, 6) is -0.148. The van der Waals surface area contributed by atoms with E-state index < -0.39 is 0 Å². The average molecular weight is 371 g/mol. The van der Waals surface area contributed by atoms with Gasteiger partial charge < -0.3 is 5.32 Å². The molecular formula is C22H21N5O. The van der Waals surface area contributed by atoms with Crippen LogP contribution in [0.2, 0.25) is 0 Å². The van der Waals surface area contributed by atoms with E-state index in [0.717, 1.165) is 22.6 Å². The Hall–Kier alpha value is -3.67. The summed E-state index contributed by atoms with van der Waals surface area (Å²) in [5.41, 5.74) is 4.29. The molecule has 0 unspecified atom stereocenters. The molecule has 4 aromatic rings. The second-order valence-corrected chi connectivity index (χ2v) is 6.60. The van der Waals surface area contributed by atoms with Crippen molar-refractivity contribution < 1.29 is 4.79 Å². The highest BCUT2D eigenvalue weighted by molar-refractivity contribution is 5.98. The van der Waals surface area contributed by atoms with Crippen LogP contribution in [0.1, 0.15) is 34.6 Å². The van der Waals surface area contributed by atoms with Crippen LogP contribution >= 0.6 is 0 Å². The van der Waals surface area contributed by atoms with E-state index in [1.807, 2.05) is 85.5 Å². The molecule has 0 saturated heterocycles. The molecule has 28 heavy (non-hydrogen) atoms. The third kappa shape index (κ3) is 3.32. The second kappa shape index (κ2) is 7.52. The molecule has 4 rings (SSSR count). The van der Waals surface area contributed by atoms with Gasteiger partial charge in [-0.2, -0.15) is 10.2 Å². The number of carbonyl (C=O) groups is 1. The number of benzene rings is 2. The molecule has 0 aliphatic carbocycles. The van der Waals surface area contributed by atoms with Crippen molar-refractivity contribution in [2.75, 3.05) is 0 Å². The van der Waals surface area contributed by atoms with Crippen LogP contribution < -0.4 is 5.32 Å². The van der Waals surface area contributed by atoms with Crippen LogP contribution in [0.25, 0.3) is 11.4 Å². The largest absolute Gasteiger partial charge is 0.345 e. The highest BCUT2D eigenvalue weighted by Crippen LogP contribution is 2.21. The third-order valence-electron chi connectivity index (χ3n) is 4.76. The Morgan fingerprint density at radius 2 is 1.75 bits per heavy atom. The van der Waals surface area contributed by atoms with Crippen LogP contribution in [0.4, 0.5) is 0 Å². The Balaban J connectivity index is 1.58. The van der Waals surface area contributed by atoms with Crippen molar-refractivity contribution in [3.63, 3.8) is 0 Å². The molecule has 1 atom stereocenters. The van der Waals surface area contributed by atoms with Gasteiger partial charge in [-0.05, 0) is 44.2 Å². The molecule has 1 N–H and O–H groups in total. The monoisotopic (exact) mass is 371 g/mol. The van der Waals surface area contributed by atoms with E-state index in [-0.39, 0.29) is 11.9 Å². The molecular weight excluding hydrogens is 350 g/mol. The van der Waals surface area contributed by atoms with Gasteiger partial charge in [-0.3, -0.25) is 4.79 Å². The van der Waals surface area contributed by atoms with Gasteiger partial charge >= 0.3 is 0 Å². The molecule has 0 aliphatic heterocycles. The standard InChI is InChI=1S/C22H21N5O/c1-16(20-15-24-27(17(20)2)18-9-4-3-5-10-18)25-22(28)19-11-6-7-12-21(19)26-14-8-13-23-26/h3-16H,1-2H3,(H,25,28)/t16-/m0/s1. The molecule has 0 bridgehead atoms. The Kier molecular flexibility index (Phi) is 4.76. The van der Waals surface area contributed by atoms with Gasteiger partial charge in [0, 0.05) is 23.7 Å². The van der Waals surface area contributed by atoms with Crippen molar-refractivity contribution in [1.29, 1.82) is 0 Å². The Bertz CT molecular complexity index is 1080. The topological polar surface area (TPSA) is 64.7 Å². The lowest BCUT2D eigenvalue weighted by molar-refractivity contribution is 0.0939. The molecule has 0 spiro atoms.